The van der Waals surface area contributed by atoms with E-state index in [1.165, 1.54) is 13.0 Å². The van der Waals surface area contributed by atoms with Crippen molar-refractivity contribution < 1.29 is 4.79 Å². The Morgan fingerprint density at radius 1 is 1.44 bits per heavy atom. The zero-order valence-corrected chi connectivity index (χ0v) is 12.6. The summed E-state index contributed by atoms with van der Waals surface area (Å²) in [6.45, 7) is 9.60. The highest BCUT2D eigenvalue weighted by Gasteiger charge is 2.10. The lowest BCUT2D eigenvalue weighted by molar-refractivity contribution is -0.113. The van der Waals surface area contributed by atoms with Crippen LogP contribution in [-0.4, -0.2) is 18.5 Å². The molecule has 0 bridgehead atoms. The van der Waals surface area contributed by atoms with Gasteiger partial charge in [-0.15, -0.1) is 0 Å². The number of hydrogen-bond acceptors (Lipinski definition) is 3. The first kappa shape index (κ1) is 16.6. The molecule has 0 unspecified atom stereocenters. The molecule has 0 fully saturated rings. The van der Waals surface area contributed by atoms with Crippen molar-refractivity contribution in [2.75, 3.05) is 6.54 Å². The number of nitrogens with zero attached hydrogens (tertiary/aromatic N) is 1. The molecule has 2 N–H and O–H groups in total. The molecule has 0 aliphatic heterocycles. The first-order valence-electron chi connectivity index (χ1n) is 5.65. The van der Waals surface area contributed by atoms with Gasteiger partial charge in [-0.05, 0) is 36.7 Å². The van der Waals surface area contributed by atoms with Gasteiger partial charge in [-0.1, -0.05) is 24.8 Å². The number of allylic oxidation sites excluding steroid dienone is 5. The smallest absolute Gasteiger partial charge is 0.160 e. The molecule has 0 heterocycles. The number of ketones is 1. The van der Waals surface area contributed by atoms with Crippen molar-refractivity contribution in [3.05, 3.63) is 46.1 Å². The summed E-state index contributed by atoms with van der Waals surface area (Å²) in [7, 11) is 0. The normalized spacial score (nSPS) is 14.7. The largest absolute Gasteiger partial charge is 0.397 e. The fraction of sp³-hybridized carbons (Fsp3) is 0.286. The highest BCUT2D eigenvalue weighted by atomic mass is 79.9. The molecule has 4 heteroatoms. The van der Waals surface area contributed by atoms with Crippen molar-refractivity contribution in [3.8, 4) is 0 Å². The second-order valence-corrected chi connectivity index (χ2v) is 4.33. The molecule has 0 aliphatic carbocycles. The Kier molecular flexibility index (Phi) is 7.96. The Morgan fingerprint density at radius 3 is 2.44 bits per heavy atom. The second-order valence-electron chi connectivity index (χ2n) is 3.48. The van der Waals surface area contributed by atoms with Gasteiger partial charge in [0.25, 0.3) is 0 Å². The van der Waals surface area contributed by atoms with Crippen LogP contribution in [0.2, 0.25) is 0 Å². The lowest BCUT2D eigenvalue weighted by Gasteiger charge is -2.08. The number of Topliss-reactive ketones (excluding diaryl/α,β-unsaturated/α-hetero) is 1. The van der Waals surface area contributed by atoms with Gasteiger partial charge in [0.15, 0.2) is 5.78 Å². The van der Waals surface area contributed by atoms with Crippen molar-refractivity contribution in [1.82, 2.24) is 0 Å². The van der Waals surface area contributed by atoms with E-state index in [2.05, 4.69) is 27.5 Å². The molecule has 0 aromatic heterocycles. The average Bonchev–Trinajstić information content (AvgIpc) is 2.34. The van der Waals surface area contributed by atoms with E-state index in [1.807, 2.05) is 19.9 Å². The van der Waals surface area contributed by atoms with Crippen LogP contribution < -0.4 is 5.73 Å². The van der Waals surface area contributed by atoms with E-state index in [0.29, 0.717) is 27.9 Å². The molecule has 0 aromatic rings. The first-order chi connectivity index (χ1) is 8.49. The third-order valence-electron chi connectivity index (χ3n) is 2.14. The second kappa shape index (κ2) is 8.64. The van der Waals surface area contributed by atoms with Crippen molar-refractivity contribution in [2.45, 2.75) is 20.8 Å². The molecule has 0 aliphatic rings. The van der Waals surface area contributed by atoms with Crippen LogP contribution in [0.3, 0.4) is 0 Å². The maximum absolute atomic E-state index is 11.5. The molecular weight excluding hydrogens is 292 g/mol. The summed E-state index contributed by atoms with van der Waals surface area (Å²) in [5, 5.41) is 0. The van der Waals surface area contributed by atoms with E-state index in [9.17, 15) is 4.79 Å². The van der Waals surface area contributed by atoms with Crippen molar-refractivity contribution >= 4 is 27.9 Å². The fourth-order valence-electron chi connectivity index (χ4n) is 1.30. The Bertz CT molecular complexity index is 443. The van der Waals surface area contributed by atoms with E-state index < -0.39 is 0 Å². The zero-order valence-electron chi connectivity index (χ0n) is 11.0. The topological polar surface area (TPSA) is 55.5 Å². The minimum Gasteiger partial charge on any atom is -0.397 e. The van der Waals surface area contributed by atoms with Crippen LogP contribution in [0.1, 0.15) is 20.8 Å². The Labute approximate surface area is 117 Å². The summed E-state index contributed by atoms with van der Waals surface area (Å²) in [5.74, 6) is -0.0752. The predicted molar refractivity (Wildman–Crippen MR) is 81.9 cm³/mol. The number of rotatable bonds is 6. The molecule has 0 atom stereocenters. The van der Waals surface area contributed by atoms with Gasteiger partial charge in [0.05, 0.1) is 10.2 Å². The van der Waals surface area contributed by atoms with Crippen LogP contribution in [-0.2, 0) is 4.79 Å². The Balaban J connectivity index is 5.85. The van der Waals surface area contributed by atoms with Crippen LogP contribution in [0.4, 0.5) is 0 Å². The summed E-state index contributed by atoms with van der Waals surface area (Å²) in [5.41, 5.74) is 7.64. The summed E-state index contributed by atoms with van der Waals surface area (Å²) in [6, 6.07) is 0. The third-order valence-corrected chi connectivity index (χ3v) is 2.77. The maximum atomic E-state index is 11.5. The minimum absolute atomic E-state index is 0.0752. The molecule has 0 amide bonds. The lowest BCUT2D eigenvalue weighted by atomic mass is 10.0. The van der Waals surface area contributed by atoms with Crippen LogP contribution in [0.25, 0.3) is 0 Å². The van der Waals surface area contributed by atoms with Gasteiger partial charge in [0.1, 0.15) is 0 Å². The maximum Gasteiger partial charge on any atom is 0.160 e. The van der Waals surface area contributed by atoms with Crippen molar-refractivity contribution in [2.24, 2.45) is 10.7 Å². The van der Waals surface area contributed by atoms with E-state index in [-0.39, 0.29) is 5.78 Å². The summed E-state index contributed by atoms with van der Waals surface area (Å²) in [4.78, 5) is 15.6. The quantitative estimate of drug-likeness (QED) is 0.465. The van der Waals surface area contributed by atoms with Gasteiger partial charge < -0.3 is 5.73 Å². The highest BCUT2D eigenvalue weighted by Crippen LogP contribution is 2.20. The van der Waals surface area contributed by atoms with E-state index in [4.69, 9.17) is 5.73 Å². The molecule has 98 valence electrons. The first-order valence-corrected chi connectivity index (χ1v) is 6.44. The highest BCUT2D eigenvalue weighted by molar-refractivity contribution is 9.12. The van der Waals surface area contributed by atoms with Crippen LogP contribution in [0.15, 0.2) is 51.1 Å². The number of carbonyl (C=O) groups is 1. The van der Waals surface area contributed by atoms with Gasteiger partial charge in [-0.2, -0.15) is 0 Å². The summed E-state index contributed by atoms with van der Waals surface area (Å²) in [6.07, 6.45) is 6.77. The van der Waals surface area contributed by atoms with Crippen molar-refractivity contribution in [3.63, 3.8) is 0 Å². The standard InChI is InChI=1S/C14H19BrN2O/c1-5-8-12(11(6-2)10(4)18)14(16)13(15)9-17-7-3/h5-6,8-9H,2,7,16H2,1,3-4H3/b8-5+,12-11-,14-13+,17-9?. The molecule has 0 saturated heterocycles. The van der Waals surface area contributed by atoms with Crippen LogP contribution >= 0.6 is 15.9 Å². The number of halogens is 1. The molecule has 3 nitrogen and oxygen atoms in total. The van der Waals surface area contributed by atoms with E-state index in [0.717, 1.165) is 0 Å². The molecule has 0 radical (unpaired) electrons. The van der Waals surface area contributed by atoms with Gasteiger partial charge in [0, 0.05) is 23.9 Å². The van der Waals surface area contributed by atoms with Crippen LogP contribution in [0.5, 0.6) is 0 Å². The molecule has 0 rings (SSSR count). The van der Waals surface area contributed by atoms with Gasteiger partial charge in [-0.3, -0.25) is 9.79 Å². The molecule has 0 saturated carbocycles. The average molecular weight is 311 g/mol. The number of aliphatic imine (C=N–C) groups is 1. The Hall–Kier alpha value is -1.42. The summed E-state index contributed by atoms with van der Waals surface area (Å²) < 4.78 is 0.651. The SMILES string of the molecule is C=C/C(C(C)=O)=C(\C=C\C)C(/N)=C(\Br)C=NCC. The monoisotopic (exact) mass is 310 g/mol. The fourth-order valence-corrected chi connectivity index (χ4v) is 1.66. The number of carbonyl (C=O) groups excluding carboxylic acids is 1. The molecule has 18 heavy (non-hydrogen) atoms. The molecule has 0 aromatic carbocycles. The predicted octanol–water partition coefficient (Wildman–Crippen LogP) is 3.29. The number of hydrogen-bond donors (Lipinski definition) is 1. The van der Waals surface area contributed by atoms with Crippen molar-refractivity contribution in [1.29, 1.82) is 0 Å². The van der Waals surface area contributed by atoms with Crippen LogP contribution in [0, 0.1) is 0 Å². The number of nitrogens with two attached hydrogens (primary N) is 1. The van der Waals surface area contributed by atoms with Gasteiger partial charge in [0.2, 0.25) is 0 Å². The minimum atomic E-state index is -0.0752. The van der Waals surface area contributed by atoms with E-state index >= 15 is 0 Å². The molecule has 0 spiro atoms. The van der Waals surface area contributed by atoms with E-state index in [1.54, 1.807) is 12.3 Å². The lowest BCUT2D eigenvalue weighted by Crippen LogP contribution is -2.08. The Morgan fingerprint density at radius 2 is 2.06 bits per heavy atom. The van der Waals surface area contributed by atoms with Gasteiger partial charge >= 0.3 is 0 Å². The summed E-state index contributed by atoms with van der Waals surface area (Å²) >= 11 is 3.35. The zero-order chi connectivity index (χ0) is 14.1. The molecular formula is C14H19BrN2O. The van der Waals surface area contributed by atoms with Gasteiger partial charge in [-0.25, -0.2) is 0 Å². The third kappa shape index (κ3) is 4.84.